The van der Waals surface area contributed by atoms with Crippen LogP contribution in [0, 0.1) is 0 Å². The van der Waals surface area contributed by atoms with Gasteiger partial charge in [-0.1, -0.05) is 12.1 Å². The summed E-state index contributed by atoms with van der Waals surface area (Å²) >= 11 is 0. The first-order chi connectivity index (χ1) is 13.0. The van der Waals surface area contributed by atoms with Crippen molar-refractivity contribution in [2.45, 2.75) is 13.3 Å². The van der Waals surface area contributed by atoms with E-state index >= 15 is 0 Å². The molecule has 2 aromatic rings. The molecule has 7 heteroatoms. The Labute approximate surface area is 157 Å². The standard InChI is InChI=1S/C20H22N2O5/c1-14(23)27-18-9-4-7-16(13-18)20(25)22-11-5-10-21-19(24)15-6-3-8-17(12-15)26-2/h3-4,6-9,12-13H,5,10-11H2,1-2H3,(H,21,24)(H,22,25). The molecule has 0 saturated carbocycles. The van der Waals surface area contributed by atoms with Crippen LogP contribution < -0.4 is 20.1 Å². The molecule has 2 amide bonds. The first kappa shape index (κ1) is 20.0. The minimum absolute atomic E-state index is 0.200. The number of esters is 1. The number of rotatable bonds is 8. The summed E-state index contributed by atoms with van der Waals surface area (Å²) in [6.07, 6.45) is 0.574. The maximum Gasteiger partial charge on any atom is 0.308 e. The highest BCUT2D eigenvalue weighted by molar-refractivity contribution is 5.95. The zero-order chi connectivity index (χ0) is 19.6. The fraction of sp³-hybridized carbons (Fsp3) is 0.250. The van der Waals surface area contributed by atoms with Gasteiger partial charge in [0.05, 0.1) is 7.11 Å². The number of carbonyl (C=O) groups is 3. The maximum atomic E-state index is 12.1. The summed E-state index contributed by atoms with van der Waals surface area (Å²) in [5.41, 5.74) is 0.912. The molecule has 0 heterocycles. The smallest absolute Gasteiger partial charge is 0.308 e. The summed E-state index contributed by atoms with van der Waals surface area (Å²) in [6, 6.07) is 13.3. The fourth-order valence-electron chi connectivity index (χ4n) is 2.33. The van der Waals surface area contributed by atoms with Crippen molar-refractivity contribution < 1.29 is 23.9 Å². The van der Waals surface area contributed by atoms with Gasteiger partial charge in [0.1, 0.15) is 11.5 Å². The molecule has 2 rings (SSSR count). The van der Waals surface area contributed by atoms with Crippen molar-refractivity contribution in [3.63, 3.8) is 0 Å². The molecule has 2 aromatic carbocycles. The van der Waals surface area contributed by atoms with Gasteiger partial charge in [-0.25, -0.2) is 0 Å². The van der Waals surface area contributed by atoms with E-state index in [1.165, 1.54) is 13.0 Å². The van der Waals surface area contributed by atoms with Gasteiger partial charge in [0.25, 0.3) is 11.8 Å². The Morgan fingerprint density at radius 2 is 1.37 bits per heavy atom. The monoisotopic (exact) mass is 370 g/mol. The van der Waals surface area contributed by atoms with Gasteiger partial charge >= 0.3 is 5.97 Å². The summed E-state index contributed by atoms with van der Waals surface area (Å²) in [5, 5.41) is 5.55. The molecule has 0 radical (unpaired) electrons. The van der Waals surface area contributed by atoms with Gasteiger partial charge < -0.3 is 20.1 Å². The third-order valence-corrected chi connectivity index (χ3v) is 3.61. The second-order valence-corrected chi connectivity index (χ2v) is 5.72. The van der Waals surface area contributed by atoms with E-state index < -0.39 is 5.97 Å². The maximum absolute atomic E-state index is 12.1. The van der Waals surface area contributed by atoms with Crippen LogP contribution in [0.25, 0.3) is 0 Å². The highest BCUT2D eigenvalue weighted by Crippen LogP contribution is 2.14. The van der Waals surface area contributed by atoms with E-state index in [0.29, 0.717) is 42.1 Å². The Morgan fingerprint density at radius 3 is 1.89 bits per heavy atom. The molecule has 7 nitrogen and oxygen atoms in total. The molecule has 0 saturated heterocycles. The predicted molar refractivity (Wildman–Crippen MR) is 100 cm³/mol. The number of hydrogen-bond donors (Lipinski definition) is 2. The van der Waals surface area contributed by atoms with Crippen LogP contribution in [0.4, 0.5) is 0 Å². The Kier molecular flexibility index (Phi) is 7.37. The minimum Gasteiger partial charge on any atom is -0.497 e. The largest absolute Gasteiger partial charge is 0.497 e. The van der Waals surface area contributed by atoms with Crippen LogP contribution in [0.5, 0.6) is 11.5 Å². The van der Waals surface area contributed by atoms with Crippen molar-refractivity contribution in [3.05, 3.63) is 59.7 Å². The molecule has 0 unspecified atom stereocenters. The van der Waals surface area contributed by atoms with E-state index in [4.69, 9.17) is 9.47 Å². The molecule has 142 valence electrons. The van der Waals surface area contributed by atoms with Gasteiger partial charge in [-0.05, 0) is 42.8 Å². The van der Waals surface area contributed by atoms with Crippen molar-refractivity contribution >= 4 is 17.8 Å². The van der Waals surface area contributed by atoms with Gasteiger partial charge in [0.15, 0.2) is 0 Å². The lowest BCUT2D eigenvalue weighted by molar-refractivity contribution is -0.131. The molecule has 0 fully saturated rings. The molecule has 0 aliphatic rings. The molecule has 0 bridgehead atoms. The second-order valence-electron chi connectivity index (χ2n) is 5.72. The quantitative estimate of drug-likeness (QED) is 0.422. The van der Waals surface area contributed by atoms with Crippen LogP contribution in [-0.2, 0) is 4.79 Å². The lowest BCUT2D eigenvalue weighted by atomic mass is 10.2. The summed E-state index contributed by atoms with van der Waals surface area (Å²) in [4.78, 5) is 35.1. The molecule has 0 aliphatic heterocycles. The van der Waals surface area contributed by atoms with Crippen LogP contribution in [-0.4, -0.2) is 38.0 Å². The number of ether oxygens (including phenoxy) is 2. The second kappa shape index (κ2) is 9.96. The van der Waals surface area contributed by atoms with Crippen LogP contribution in [0.1, 0.15) is 34.1 Å². The molecule has 0 atom stereocenters. The third kappa shape index (κ3) is 6.47. The van der Waals surface area contributed by atoms with E-state index in [-0.39, 0.29) is 11.8 Å². The van der Waals surface area contributed by atoms with Crippen LogP contribution in [0.2, 0.25) is 0 Å². The van der Waals surface area contributed by atoms with Crippen molar-refractivity contribution in [3.8, 4) is 11.5 Å². The summed E-state index contributed by atoms with van der Waals surface area (Å²) < 4.78 is 10.0. The number of hydrogen-bond acceptors (Lipinski definition) is 5. The topological polar surface area (TPSA) is 93.7 Å². The normalized spacial score (nSPS) is 10.0. The third-order valence-electron chi connectivity index (χ3n) is 3.61. The predicted octanol–water partition coefficient (Wildman–Crippen LogP) is 2.17. The van der Waals surface area contributed by atoms with E-state index in [1.54, 1.807) is 49.6 Å². The molecule has 0 aromatic heterocycles. The van der Waals surface area contributed by atoms with Crippen LogP contribution in [0.15, 0.2) is 48.5 Å². The number of methoxy groups -OCH3 is 1. The van der Waals surface area contributed by atoms with Gasteiger partial charge in [0, 0.05) is 31.1 Å². The average Bonchev–Trinajstić information content (AvgIpc) is 2.67. The molecule has 2 N–H and O–H groups in total. The highest BCUT2D eigenvalue weighted by Gasteiger charge is 2.08. The van der Waals surface area contributed by atoms with Crippen molar-refractivity contribution in [1.82, 2.24) is 10.6 Å². The number of nitrogens with one attached hydrogen (secondary N) is 2. The van der Waals surface area contributed by atoms with E-state index in [1.807, 2.05) is 0 Å². The molecule has 27 heavy (non-hydrogen) atoms. The van der Waals surface area contributed by atoms with E-state index in [0.717, 1.165) is 0 Å². The van der Waals surface area contributed by atoms with Crippen LogP contribution in [0.3, 0.4) is 0 Å². The Hall–Kier alpha value is -3.35. The summed E-state index contributed by atoms with van der Waals surface area (Å²) in [5.74, 6) is 0.0170. The van der Waals surface area contributed by atoms with Gasteiger partial charge in [0.2, 0.25) is 0 Å². The first-order valence-electron chi connectivity index (χ1n) is 8.48. The van der Waals surface area contributed by atoms with Crippen molar-refractivity contribution in [1.29, 1.82) is 0 Å². The van der Waals surface area contributed by atoms with E-state index in [2.05, 4.69) is 10.6 Å². The first-order valence-corrected chi connectivity index (χ1v) is 8.48. The zero-order valence-electron chi connectivity index (χ0n) is 15.3. The van der Waals surface area contributed by atoms with E-state index in [9.17, 15) is 14.4 Å². The number of benzene rings is 2. The molecule has 0 aliphatic carbocycles. The lowest BCUT2D eigenvalue weighted by Crippen LogP contribution is -2.29. The SMILES string of the molecule is COc1cccc(C(=O)NCCCNC(=O)c2cccc(OC(C)=O)c2)c1. The highest BCUT2D eigenvalue weighted by atomic mass is 16.5. The number of amides is 2. The van der Waals surface area contributed by atoms with Gasteiger partial charge in [-0.3, -0.25) is 14.4 Å². The average molecular weight is 370 g/mol. The van der Waals surface area contributed by atoms with Crippen LogP contribution >= 0.6 is 0 Å². The Morgan fingerprint density at radius 1 is 0.852 bits per heavy atom. The van der Waals surface area contributed by atoms with Gasteiger partial charge in [-0.15, -0.1) is 0 Å². The Balaban J connectivity index is 1.74. The summed E-state index contributed by atoms with van der Waals surface area (Å²) in [7, 11) is 1.54. The van der Waals surface area contributed by atoms with Crippen molar-refractivity contribution in [2.75, 3.05) is 20.2 Å². The molecular weight excluding hydrogens is 348 g/mol. The zero-order valence-corrected chi connectivity index (χ0v) is 15.3. The summed E-state index contributed by atoms with van der Waals surface area (Å²) in [6.45, 7) is 2.12. The minimum atomic E-state index is -0.445. The lowest BCUT2D eigenvalue weighted by Gasteiger charge is -2.08. The molecule has 0 spiro atoms. The van der Waals surface area contributed by atoms with Gasteiger partial charge in [-0.2, -0.15) is 0 Å². The Bertz CT molecular complexity index is 820. The number of carbonyl (C=O) groups excluding carboxylic acids is 3. The van der Waals surface area contributed by atoms with Crippen molar-refractivity contribution in [2.24, 2.45) is 0 Å². The fourth-order valence-corrected chi connectivity index (χ4v) is 2.33. The molecular formula is C20H22N2O5.